The number of hydrogen-bond acceptors (Lipinski definition) is 4. The third-order valence-electron chi connectivity index (χ3n) is 2.60. The highest BCUT2D eigenvalue weighted by Gasteiger charge is 2.24. The number of ether oxygens (including phenoxy) is 1. The first-order chi connectivity index (χ1) is 9.25. The maximum absolute atomic E-state index is 11.2. The number of nitrogens with zero attached hydrogens (tertiary/aromatic N) is 3. The molecule has 1 aromatic carbocycles. The van der Waals surface area contributed by atoms with E-state index in [0.717, 1.165) is 0 Å². The van der Waals surface area contributed by atoms with Gasteiger partial charge in [-0.15, -0.1) is 0 Å². The van der Waals surface area contributed by atoms with Crippen LogP contribution in [-0.2, 0) is 0 Å². The summed E-state index contributed by atoms with van der Waals surface area (Å²) in [6.45, 7) is 0. The van der Waals surface area contributed by atoms with Gasteiger partial charge in [0.1, 0.15) is 5.75 Å². The number of para-hydroxylation sites is 1. The summed E-state index contributed by atoms with van der Waals surface area (Å²) < 4.78 is 6.87. The van der Waals surface area contributed by atoms with Gasteiger partial charge in [0.15, 0.2) is 0 Å². The molecule has 19 heavy (non-hydrogen) atoms. The van der Waals surface area contributed by atoms with Crippen molar-refractivity contribution in [2.24, 2.45) is 0 Å². The number of hydrogen-bond donors (Lipinski definition) is 0. The number of aromatic nitrogens is 2. The maximum atomic E-state index is 11.2. The third kappa shape index (κ3) is 1.99. The number of imidazole rings is 1. The van der Waals surface area contributed by atoms with Crippen molar-refractivity contribution in [1.29, 1.82) is 0 Å². The number of fused-ring (bicyclic) bond motifs is 1. The molecule has 2 aromatic heterocycles. The van der Waals surface area contributed by atoms with Crippen LogP contribution in [0.2, 0.25) is 0 Å². The molecule has 0 aliphatic heterocycles. The SMILES string of the molecule is O=[N+]([O-])c1c(Oc2ccccc2)nc2ccccn12. The summed E-state index contributed by atoms with van der Waals surface area (Å²) >= 11 is 0. The molecule has 0 saturated carbocycles. The Morgan fingerprint density at radius 1 is 1.11 bits per heavy atom. The van der Waals surface area contributed by atoms with Crippen molar-refractivity contribution >= 4 is 11.5 Å². The van der Waals surface area contributed by atoms with E-state index in [4.69, 9.17) is 4.74 Å². The Hall–Kier alpha value is -2.89. The highest BCUT2D eigenvalue weighted by Crippen LogP contribution is 2.31. The van der Waals surface area contributed by atoms with Crippen LogP contribution in [0.1, 0.15) is 0 Å². The van der Waals surface area contributed by atoms with E-state index in [2.05, 4.69) is 4.98 Å². The second-order valence-electron chi connectivity index (χ2n) is 3.84. The van der Waals surface area contributed by atoms with Crippen molar-refractivity contribution in [1.82, 2.24) is 9.38 Å². The van der Waals surface area contributed by atoms with Crippen molar-refractivity contribution in [3.63, 3.8) is 0 Å². The van der Waals surface area contributed by atoms with E-state index in [1.165, 1.54) is 4.40 Å². The van der Waals surface area contributed by atoms with E-state index >= 15 is 0 Å². The molecule has 0 bridgehead atoms. The topological polar surface area (TPSA) is 69.7 Å². The first-order valence-corrected chi connectivity index (χ1v) is 5.60. The highest BCUT2D eigenvalue weighted by molar-refractivity contribution is 5.53. The van der Waals surface area contributed by atoms with Crippen molar-refractivity contribution < 1.29 is 9.66 Å². The summed E-state index contributed by atoms with van der Waals surface area (Å²) in [5.74, 6) is 0.316. The third-order valence-corrected chi connectivity index (χ3v) is 2.60. The summed E-state index contributed by atoms with van der Waals surface area (Å²) in [6.07, 6.45) is 1.58. The van der Waals surface area contributed by atoms with Crippen molar-refractivity contribution in [2.45, 2.75) is 0 Å². The van der Waals surface area contributed by atoms with Gasteiger partial charge >= 0.3 is 11.7 Å². The Balaban J connectivity index is 2.13. The summed E-state index contributed by atoms with van der Waals surface area (Å²) in [4.78, 5) is 14.8. The highest BCUT2D eigenvalue weighted by atomic mass is 16.6. The van der Waals surface area contributed by atoms with E-state index in [0.29, 0.717) is 11.4 Å². The first kappa shape index (κ1) is 11.2. The molecule has 0 amide bonds. The molecule has 0 aliphatic rings. The zero-order valence-corrected chi connectivity index (χ0v) is 9.76. The van der Waals surface area contributed by atoms with Gasteiger partial charge in [-0.25, -0.2) is 0 Å². The summed E-state index contributed by atoms with van der Waals surface area (Å²) in [5, 5.41) is 11.2. The van der Waals surface area contributed by atoms with Gasteiger partial charge in [-0.2, -0.15) is 9.38 Å². The van der Waals surface area contributed by atoms with Crippen LogP contribution in [0, 0.1) is 10.1 Å². The summed E-state index contributed by atoms with van der Waals surface area (Å²) in [7, 11) is 0. The van der Waals surface area contributed by atoms with E-state index in [1.54, 1.807) is 48.7 Å². The minimum atomic E-state index is -0.502. The Morgan fingerprint density at radius 2 is 1.84 bits per heavy atom. The number of nitro groups is 1. The lowest BCUT2D eigenvalue weighted by Gasteiger charge is -2.01. The van der Waals surface area contributed by atoms with Gasteiger partial charge in [0, 0.05) is 6.07 Å². The van der Waals surface area contributed by atoms with E-state index in [9.17, 15) is 10.1 Å². The molecule has 0 N–H and O–H groups in total. The molecule has 0 saturated heterocycles. The lowest BCUT2D eigenvalue weighted by molar-refractivity contribution is -0.391. The fourth-order valence-electron chi connectivity index (χ4n) is 1.80. The predicted molar refractivity (Wildman–Crippen MR) is 68.4 cm³/mol. The zero-order valence-electron chi connectivity index (χ0n) is 9.76. The van der Waals surface area contributed by atoms with Gasteiger partial charge in [-0.1, -0.05) is 24.3 Å². The molecule has 3 rings (SSSR count). The minimum absolute atomic E-state index is 0.0117. The van der Waals surface area contributed by atoms with Gasteiger partial charge in [-0.05, 0) is 23.1 Å². The number of benzene rings is 1. The summed E-state index contributed by atoms with van der Waals surface area (Å²) in [6, 6.07) is 14.0. The molecule has 0 fully saturated rings. The van der Waals surface area contributed by atoms with Crippen molar-refractivity contribution in [2.75, 3.05) is 0 Å². The minimum Gasteiger partial charge on any atom is -0.433 e. The van der Waals surface area contributed by atoms with Crippen LogP contribution in [0.3, 0.4) is 0 Å². The molecule has 6 nitrogen and oxygen atoms in total. The molecule has 94 valence electrons. The van der Waals surface area contributed by atoms with Crippen LogP contribution in [0.5, 0.6) is 11.6 Å². The van der Waals surface area contributed by atoms with Gasteiger partial charge in [0.2, 0.25) is 5.65 Å². The smallest absolute Gasteiger partial charge is 0.392 e. The van der Waals surface area contributed by atoms with Crippen LogP contribution in [0.25, 0.3) is 5.65 Å². The lowest BCUT2D eigenvalue weighted by atomic mass is 10.3. The average Bonchev–Trinajstić information content (AvgIpc) is 2.77. The largest absolute Gasteiger partial charge is 0.433 e. The quantitative estimate of drug-likeness (QED) is 0.532. The predicted octanol–water partition coefficient (Wildman–Crippen LogP) is 3.03. The molecule has 6 heteroatoms. The monoisotopic (exact) mass is 255 g/mol. The second-order valence-corrected chi connectivity index (χ2v) is 3.84. The van der Waals surface area contributed by atoms with Crippen LogP contribution < -0.4 is 4.74 Å². The Morgan fingerprint density at radius 3 is 2.58 bits per heavy atom. The van der Waals surface area contributed by atoms with E-state index < -0.39 is 4.92 Å². The fourth-order valence-corrected chi connectivity index (χ4v) is 1.80. The number of rotatable bonds is 3. The Kier molecular flexibility index (Phi) is 2.60. The average molecular weight is 255 g/mol. The first-order valence-electron chi connectivity index (χ1n) is 5.60. The van der Waals surface area contributed by atoms with E-state index in [-0.39, 0.29) is 11.7 Å². The van der Waals surface area contributed by atoms with Crippen LogP contribution in [0.4, 0.5) is 5.82 Å². The Labute approximate surface area is 108 Å². The van der Waals surface area contributed by atoms with E-state index in [1.807, 2.05) is 6.07 Å². The van der Waals surface area contributed by atoms with Crippen molar-refractivity contribution in [3.05, 3.63) is 64.8 Å². The second kappa shape index (κ2) is 4.41. The normalized spacial score (nSPS) is 10.5. The zero-order chi connectivity index (χ0) is 13.2. The maximum Gasteiger partial charge on any atom is 0.392 e. The van der Waals surface area contributed by atoms with Gasteiger partial charge in [0.25, 0.3) is 0 Å². The standard InChI is InChI=1S/C13H9N3O3/c17-16(18)13-12(19-10-6-2-1-3-7-10)14-11-8-4-5-9-15(11)13/h1-9H. The molecular formula is C13H9N3O3. The molecule has 0 aliphatic carbocycles. The lowest BCUT2D eigenvalue weighted by Crippen LogP contribution is -1.95. The van der Waals surface area contributed by atoms with Crippen LogP contribution >= 0.6 is 0 Å². The van der Waals surface area contributed by atoms with Gasteiger partial charge in [0.05, 0.1) is 6.20 Å². The van der Waals surface area contributed by atoms with Crippen LogP contribution in [0.15, 0.2) is 54.7 Å². The van der Waals surface area contributed by atoms with Crippen LogP contribution in [-0.4, -0.2) is 14.3 Å². The van der Waals surface area contributed by atoms with Gasteiger partial charge in [-0.3, -0.25) is 0 Å². The Bertz CT molecular complexity index is 737. The molecule has 2 heterocycles. The molecule has 0 radical (unpaired) electrons. The fraction of sp³-hybridized carbons (Fsp3) is 0. The molecular weight excluding hydrogens is 246 g/mol. The molecule has 0 spiro atoms. The molecule has 3 aromatic rings. The van der Waals surface area contributed by atoms with Crippen molar-refractivity contribution in [3.8, 4) is 11.6 Å². The van der Waals surface area contributed by atoms with Gasteiger partial charge < -0.3 is 14.9 Å². The molecule has 0 atom stereocenters. The number of pyridine rings is 1. The molecule has 0 unspecified atom stereocenters. The summed E-state index contributed by atoms with van der Waals surface area (Å²) in [5.41, 5.74) is 0.472.